The summed E-state index contributed by atoms with van der Waals surface area (Å²) in [5.74, 6) is 1.60. The van der Waals surface area contributed by atoms with Crippen LogP contribution in [0.3, 0.4) is 0 Å². The Morgan fingerprint density at radius 1 is 1.19 bits per heavy atom. The molecule has 0 saturated carbocycles. The number of aliphatic hydroxyl groups is 1. The van der Waals surface area contributed by atoms with Crippen molar-refractivity contribution in [1.82, 2.24) is 15.3 Å². The van der Waals surface area contributed by atoms with Gasteiger partial charge in [-0.2, -0.15) is 0 Å². The van der Waals surface area contributed by atoms with Crippen molar-refractivity contribution in [1.29, 1.82) is 0 Å². The minimum absolute atomic E-state index is 0.219. The Labute approximate surface area is 181 Å². The van der Waals surface area contributed by atoms with Crippen LogP contribution in [0.5, 0.6) is 5.75 Å². The fraction of sp³-hybridized carbons (Fsp3) is 0.417. The van der Waals surface area contributed by atoms with Gasteiger partial charge in [-0.15, -0.1) is 0 Å². The van der Waals surface area contributed by atoms with Gasteiger partial charge in [0.2, 0.25) is 0 Å². The fourth-order valence-corrected chi connectivity index (χ4v) is 4.31. The molecule has 0 spiro atoms. The number of anilines is 1. The predicted molar refractivity (Wildman–Crippen MR) is 120 cm³/mol. The maximum Gasteiger partial charge on any atom is 0.138 e. The molecular formula is C24H29FN4O2. The van der Waals surface area contributed by atoms with Crippen LogP contribution in [0.2, 0.25) is 0 Å². The van der Waals surface area contributed by atoms with Crippen LogP contribution in [0.1, 0.15) is 48.3 Å². The highest BCUT2D eigenvalue weighted by atomic mass is 19.1. The zero-order valence-corrected chi connectivity index (χ0v) is 18.4. The minimum Gasteiger partial charge on any atom is -0.496 e. The molecule has 4 rings (SSSR count). The molecular weight excluding hydrogens is 395 g/mol. The number of aryl methyl sites for hydroxylation is 2. The predicted octanol–water partition coefficient (Wildman–Crippen LogP) is 4.14. The van der Waals surface area contributed by atoms with E-state index < -0.39 is 5.60 Å². The Balaban J connectivity index is 1.81. The van der Waals surface area contributed by atoms with Crippen LogP contribution in [-0.4, -0.2) is 35.3 Å². The number of fused-ring (bicyclic) bond motifs is 1. The van der Waals surface area contributed by atoms with Crippen molar-refractivity contribution in [3.8, 4) is 5.75 Å². The smallest absolute Gasteiger partial charge is 0.138 e. The van der Waals surface area contributed by atoms with Gasteiger partial charge in [0.25, 0.3) is 0 Å². The van der Waals surface area contributed by atoms with Crippen molar-refractivity contribution in [2.24, 2.45) is 0 Å². The molecule has 3 N–H and O–H groups in total. The molecule has 0 amide bonds. The zero-order valence-electron chi connectivity index (χ0n) is 18.4. The fourth-order valence-electron chi connectivity index (χ4n) is 4.31. The van der Waals surface area contributed by atoms with Gasteiger partial charge in [0.05, 0.1) is 24.3 Å². The Kier molecular flexibility index (Phi) is 5.81. The number of nitrogens with zero attached hydrogens (tertiary/aromatic N) is 2. The average molecular weight is 425 g/mol. The van der Waals surface area contributed by atoms with Crippen LogP contribution in [0.15, 0.2) is 30.3 Å². The summed E-state index contributed by atoms with van der Waals surface area (Å²) in [6.07, 6.45) is 1.19. The number of nitrogens with one attached hydrogen (secondary N) is 2. The van der Waals surface area contributed by atoms with Crippen molar-refractivity contribution in [3.05, 3.63) is 58.7 Å². The molecule has 1 fully saturated rings. The number of benzene rings is 2. The van der Waals surface area contributed by atoms with Gasteiger partial charge >= 0.3 is 0 Å². The van der Waals surface area contributed by atoms with Crippen molar-refractivity contribution in [2.75, 3.05) is 25.5 Å². The number of rotatable bonds is 5. The normalized spacial score (nSPS) is 16.8. The Bertz CT molecular complexity index is 1110. The van der Waals surface area contributed by atoms with Crippen molar-refractivity contribution in [3.63, 3.8) is 0 Å². The van der Waals surface area contributed by atoms with Crippen LogP contribution in [-0.2, 0) is 5.60 Å². The van der Waals surface area contributed by atoms with Gasteiger partial charge in [0.15, 0.2) is 0 Å². The third kappa shape index (κ3) is 4.07. The third-order valence-corrected chi connectivity index (χ3v) is 6.10. The van der Waals surface area contributed by atoms with Crippen LogP contribution in [0, 0.1) is 19.7 Å². The Hall–Kier alpha value is -2.77. The lowest BCUT2D eigenvalue weighted by Gasteiger charge is -2.34. The second-order valence-electron chi connectivity index (χ2n) is 8.31. The van der Waals surface area contributed by atoms with E-state index in [9.17, 15) is 9.50 Å². The molecule has 0 radical (unpaired) electrons. The van der Waals surface area contributed by atoms with E-state index in [1.165, 1.54) is 0 Å². The lowest BCUT2D eigenvalue weighted by Crippen LogP contribution is -2.39. The van der Waals surface area contributed by atoms with Crippen molar-refractivity contribution in [2.45, 2.75) is 45.3 Å². The van der Waals surface area contributed by atoms with E-state index >= 15 is 0 Å². The van der Waals surface area contributed by atoms with Gasteiger partial charge in [-0.25, -0.2) is 14.4 Å². The lowest BCUT2D eigenvalue weighted by atomic mass is 9.84. The highest BCUT2D eigenvalue weighted by Gasteiger charge is 2.34. The Morgan fingerprint density at radius 3 is 2.65 bits per heavy atom. The second-order valence-corrected chi connectivity index (χ2v) is 8.31. The maximum absolute atomic E-state index is 14.7. The van der Waals surface area contributed by atoms with Gasteiger partial charge in [0, 0.05) is 22.6 Å². The summed E-state index contributed by atoms with van der Waals surface area (Å²) in [5, 5.41) is 18.8. The molecule has 2 aromatic carbocycles. The third-order valence-electron chi connectivity index (χ3n) is 6.10. The van der Waals surface area contributed by atoms with Gasteiger partial charge in [-0.05, 0) is 58.3 Å². The van der Waals surface area contributed by atoms with E-state index in [-0.39, 0.29) is 11.9 Å². The number of piperidine rings is 1. The molecule has 1 atom stereocenters. The minimum atomic E-state index is -0.985. The standard InChI is InChI=1S/C24H29FN4O2/c1-14-6-5-7-17(22(14)25)15(2)27-23-18-12-19(24(30)8-10-26-11-9-24)21(31-4)13-20(18)28-16(3)29-23/h5-7,12-13,15,26,30H,8-11H2,1-4H3,(H,27,28,29)/t15-/m1/s1. The monoisotopic (exact) mass is 424 g/mol. The van der Waals surface area contributed by atoms with E-state index in [4.69, 9.17) is 4.74 Å². The van der Waals surface area contributed by atoms with Gasteiger partial charge < -0.3 is 20.5 Å². The van der Waals surface area contributed by atoms with E-state index in [0.29, 0.717) is 46.9 Å². The summed E-state index contributed by atoms with van der Waals surface area (Å²) in [6.45, 7) is 6.96. The summed E-state index contributed by atoms with van der Waals surface area (Å²) >= 11 is 0. The molecule has 3 aromatic rings. The molecule has 0 aliphatic carbocycles. The van der Waals surface area contributed by atoms with E-state index in [0.717, 1.165) is 24.0 Å². The molecule has 31 heavy (non-hydrogen) atoms. The summed E-state index contributed by atoms with van der Waals surface area (Å²) < 4.78 is 20.3. The van der Waals surface area contributed by atoms with Crippen LogP contribution in [0.25, 0.3) is 10.9 Å². The van der Waals surface area contributed by atoms with Gasteiger partial charge in [0.1, 0.15) is 23.2 Å². The van der Waals surface area contributed by atoms with Crippen LogP contribution in [0.4, 0.5) is 10.2 Å². The molecule has 6 nitrogen and oxygen atoms in total. The highest BCUT2D eigenvalue weighted by molar-refractivity contribution is 5.91. The second kappa shape index (κ2) is 8.40. The SMILES string of the molecule is COc1cc2nc(C)nc(N[C@H](C)c3cccc(C)c3F)c2cc1C1(O)CCNCC1. The molecule has 1 aliphatic rings. The Morgan fingerprint density at radius 2 is 1.94 bits per heavy atom. The van der Waals surface area contributed by atoms with Gasteiger partial charge in [-0.1, -0.05) is 18.2 Å². The van der Waals surface area contributed by atoms with Crippen LogP contribution >= 0.6 is 0 Å². The zero-order chi connectivity index (χ0) is 22.2. The maximum atomic E-state index is 14.7. The first-order valence-electron chi connectivity index (χ1n) is 10.6. The van der Waals surface area contributed by atoms with Crippen molar-refractivity contribution >= 4 is 16.7 Å². The largest absolute Gasteiger partial charge is 0.496 e. The van der Waals surface area contributed by atoms with Crippen LogP contribution < -0.4 is 15.4 Å². The topological polar surface area (TPSA) is 79.3 Å². The number of hydrogen-bond acceptors (Lipinski definition) is 6. The number of ether oxygens (including phenoxy) is 1. The molecule has 2 heterocycles. The average Bonchev–Trinajstić information content (AvgIpc) is 2.75. The molecule has 1 aliphatic heterocycles. The molecule has 0 unspecified atom stereocenters. The summed E-state index contributed by atoms with van der Waals surface area (Å²) in [4.78, 5) is 9.17. The lowest BCUT2D eigenvalue weighted by molar-refractivity contribution is 0.00406. The van der Waals surface area contributed by atoms with Gasteiger partial charge in [-0.3, -0.25) is 0 Å². The van der Waals surface area contributed by atoms with E-state index in [2.05, 4.69) is 20.6 Å². The first kappa shape index (κ1) is 21.5. The summed E-state index contributed by atoms with van der Waals surface area (Å²) in [5.41, 5.74) is 1.64. The summed E-state index contributed by atoms with van der Waals surface area (Å²) in [7, 11) is 1.60. The number of methoxy groups -OCH3 is 1. The first-order valence-corrected chi connectivity index (χ1v) is 10.6. The quantitative estimate of drug-likeness (QED) is 0.571. The van der Waals surface area contributed by atoms with Crippen molar-refractivity contribution < 1.29 is 14.2 Å². The number of hydrogen-bond donors (Lipinski definition) is 3. The summed E-state index contributed by atoms with van der Waals surface area (Å²) in [6, 6.07) is 8.86. The molecule has 0 bridgehead atoms. The van der Waals surface area contributed by atoms with E-state index in [1.54, 1.807) is 26.2 Å². The molecule has 1 aromatic heterocycles. The molecule has 7 heteroatoms. The van der Waals surface area contributed by atoms with E-state index in [1.807, 2.05) is 32.0 Å². The first-order chi connectivity index (χ1) is 14.8. The number of aromatic nitrogens is 2. The number of halogens is 1. The molecule has 164 valence electrons. The molecule has 1 saturated heterocycles. The highest BCUT2D eigenvalue weighted by Crippen LogP contribution is 2.40.